The molecule has 0 spiro atoms. The molecule has 0 atom stereocenters. The summed E-state index contributed by atoms with van der Waals surface area (Å²) in [4.78, 5) is 17.2. The van der Waals surface area contributed by atoms with E-state index in [0.29, 0.717) is 28.2 Å². The minimum absolute atomic E-state index is 0.0283. The summed E-state index contributed by atoms with van der Waals surface area (Å²) in [5.74, 6) is 0.267. The number of oxazole rings is 1. The highest BCUT2D eigenvalue weighted by atomic mass is 127. The van der Waals surface area contributed by atoms with Gasteiger partial charge in [-0.2, -0.15) is 0 Å². The normalized spacial score (nSPS) is 11.4. The van der Waals surface area contributed by atoms with Crippen molar-refractivity contribution >= 4 is 78.5 Å². The molecule has 0 aliphatic heterocycles. The maximum atomic E-state index is 12.6. The standard InChI is InChI=1S/C25H21BrIN3O2S/c1-25(2,3)15-6-4-14(5-7-15)22(31)30-24(33)28-17-9-11-21-20(13-17)29-23(32-21)18-12-16(27)8-10-19(18)26/h4-13H,1-3H3,(H2,28,30,31,33). The maximum absolute atomic E-state index is 12.6. The SMILES string of the molecule is CC(C)(C)c1ccc(C(=O)NC(=S)Nc2ccc3oc(-c4cc(I)ccc4Br)nc3c2)cc1. The summed E-state index contributed by atoms with van der Waals surface area (Å²) >= 11 is 11.1. The Morgan fingerprint density at radius 3 is 2.48 bits per heavy atom. The predicted molar refractivity (Wildman–Crippen MR) is 149 cm³/mol. The van der Waals surface area contributed by atoms with Crippen molar-refractivity contribution in [2.24, 2.45) is 0 Å². The number of halogens is 2. The summed E-state index contributed by atoms with van der Waals surface area (Å²) in [6, 6.07) is 19.0. The Kier molecular flexibility index (Phi) is 6.88. The van der Waals surface area contributed by atoms with Crippen molar-refractivity contribution < 1.29 is 9.21 Å². The average Bonchev–Trinajstić information content (AvgIpc) is 3.18. The molecule has 4 rings (SSSR count). The van der Waals surface area contributed by atoms with E-state index in [-0.39, 0.29) is 16.4 Å². The van der Waals surface area contributed by atoms with E-state index in [4.69, 9.17) is 16.6 Å². The number of carbonyl (C=O) groups is 1. The topological polar surface area (TPSA) is 67.2 Å². The lowest BCUT2D eigenvalue weighted by Gasteiger charge is -2.19. The molecule has 33 heavy (non-hydrogen) atoms. The van der Waals surface area contributed by atoms with Crippen molar-refractivity contribution in [1.29, 1.82) is 0 Å². The van der Waals surface area contributed by atoms with E-state index in [0.717, 1.165) is 19.2 Å². The minimum Gasteiger partial charge on any atom is -0.436 e. The fraction of sp³-hybridized carbons (Fsp3) is 0.160. The van der Waals surface area contributed by atoms with Crippen LogP contribution < -0.4 is 10.6 Å². The molecule has 0 saturated heterocycles. The predicted octanol–water partition coefficient (Wildman–Crippen LogP) is 7.29. The van der Waals surface area contributed by atoms with Crippen molar-refractivity contribution in [3.63, 3.8) is 0 Å². The van der Waals surface area contributed by atoms with Crippen molar-refractivity contribution in [2.75, 3.05) is 5.32 Å². The lowest BCUT2D eigenvalue weighted by Crippen LogP contribution is -2.34. The number of aromatic nitrogens is 1. The largest absolute Gasteiger partial charge is 0.436 e. The van der Waals surface area contributed by atoms with Crippen LogP contribution in [0.2, 0.25) is 0 Å². The molecule has 0 radical (unpaired) electrons. The molecule has 8 heteroatoms. The van der Waals surface area contributed by atoms with Crippen LogP contribution in [0.4, 0.5) is 5.69 Å². The highest BCUT2D eigenvalue weighted by Gasteiger charge is 2.16. The Balaban J connectivity index is 1.46. The third-order valence-electron chi connectivity index (χ3n) is 5.04. The molecule has 168 valence electrons. The van der Waals surface area contributed by atoms with Crippen LogP contribution in [-0.4, -0.2) is 16.0 Å². The van der Waals surface area contributed by atoms with Gasteiger partial charge < -0.3 is 9.73 Å². The third kappa shape index (κ3) is 5.62. The van der Waals surface area contributed by atoms with Gasteiger partial charge in [-0.25, -0.2) is 4.98 Å². The number of nitrogens with zero attached hydrogens (tertiary/aromatic N) is 1. The number of benzene rings is 3. The van der Waals surface area contributed by atoms with Crippen LogP contribution >= 0.6 is 50.7 Å². The second-order valence-electron chi connectivity index (χ2n) is 8.56. The van der Waals surface area contributed by atoms with Gasteiger partial charge in [-0.1, -0.05) is 32.9 Å². The molecule has 0 aliphatic rings. The smallest absolute Gasteiger partial charge is 0.257 e. The van der Waals surface area contributed by atoms with E-state index in [2.05, 4.69) is 74.9 Å². The molecule has 0 unspecified atom stereocenters. The van der Waals surface area contributed by atoms with E-state index in [1.165, 1.54) is 0 Å². The summed E-state index contributed by atoms with van der Waals surface area (Å²) in [7, 11) is 0. The number of carbonyl (C=O) groups excluding carboxylic acids is 1. The lowest BCUT2D eigenvalue weighted by atomic mass is 9.87. The molecule has 0 bridgehead atoms. The molecule has 0 aliphatic carbocycles. The Morgan fingerprint density at radius 1 is 1.06 bits per heavy atom. The number of amides is 1. The molecule has 0 saturated carbocycles. The van der Waals surface area contributed by atoms with Crippen LogP contribution in [0.3, 0.4) is 0 Å². The van der Waals surface area contributed by atoms with Gasteiger partial charge >= 0.3 is 0 Å². The molecule has 0 fully saturated rings. The van der Waals surface area contributed by atoms with E-state index in [1.807, 2.05) is 60.7 Å². The van der Waals surface area contributed by atoms with Gasteiger partial charge in [0.2, 0.25) is 5.89 Å². The second kappa shape index (κ2) is 9.52. The number of nitrogens with one attached hydrogen (secondary N) is 2. The Bertz CT molecular complexity index is 1360. The monoisotopic (exact) mass is 633 g/mol. The summed E-state index contributed by atoms with van der Waals surface area (Å²) in [6.45, 7) is 6.40. The minimum atomic E-state index is -0.263. The first-order valence-electron chi connectivity index (χ1n) is 10.2. The van der Waals surface area contributed by atoms with Gasteiger partial charge in [0.05, 0.1) is 5.56 Å². The average molecular weight is 634 g/mol. The first-order chi connectivity index (χ1) is 15.6. The summed E-state index contributed by atoms with van der Waals surface area (Å²) in [6.07, 6.45) is 0. The first kappa shape index (κ1) is 23.8. The quantitative estimate of drug-likeness (QED) is 0.183. The van der Waals surface area contributed by atoms with Crippen molar-refractivity contribution in [3.8, 4) is 11.5 Å². The fourth-order valence-corrected chi connectivity index (χ4v) is 4.36. The number of fused-ring (bicyclic) bond motifs is 1. The van der Waals surface area contributed by atoms with Gasteiger partial charge in [0.1, 0.15) is 5.52 Å². The number of rotatable bonds is 3. The molecule has 5 nitrogen and oxygen atoms in total. The van der Waals surface area contributed by atoms with Crippen LogP contribution in [0.25, 0.3) is 22.6 Å². The molecule has 1 heterocycles. The van der Waals surface area contributed by atoms with Crippen molar-refractivity contribution in [2.45, 2.75) is 26.2 Å². The van der Waals surface area contributed by atoms with Gasteiger partial charge in [-0.05, 0) is 110 Å². The summed E-state index contributed by atoms with van der Waals surface area (Å²) in [5.41, 5.74) is 4.68. The Morgan fingerprint density at radius 2 is 1.79 bits per heavy atom. The summed E-state index contributed by atoms with van der Waals surface area (Å²) in [5, 5.41) is 5.98. The lowest BCUT2D eigenvalue weighted by molar-refractivity contribution is 0.0977. The Labute approximate surface area is 219 Å². The zero-order valence-electron chi connectivity index (χ0n) is 18.2. The molecule has 2 N–H and O–H groups in total. The molecular formula is C25H21BrIN3O2S. The Hall–Kier alpha value is -2.30. The number of thiocarbonyl (C=S) groups is 1. The van der Waals surface area contributed by atoms with Gasteiger partial charge in [0.15, 0.2) is 10.7 Å². The van der Waals surface area contributed by atoms with E-state index in [1.54, 1.807) is 0 Å². The van der Waals surface area contributed by atoms with E-state index >= 15 is 0 Å². The van der Waals surface area contributed by atoms with Gasteiger partial charge in [0, 0.05) is 19.3 Å². The molecule has 1 aromatic heterocycles. The van der Waals surface area contributed by atoms with Gasteiger partial charge in [0.25, 0.3) is 5.91 Å². The zero-order valence-corrected chi connectivity index (χ0v) is 22.8. The maximum Gasteiger partial charge on any atom is 0.257 e. The molecular weight excluding hydrogens is 613 g/mol. The molecule has 3 aromatic carbocycles. The highest BCUT2D eigenvalue weighted by Crippen LogP contribution is 2.32. The summed E-state index contributed by atoms with van der Waals surface area (Å²) < 4.78 is 7.93. The zero-order chi connectivity index (χ0) is 23.8. The second-order valence-corrected chi connectivity index (χ2v) is 11.1. The van der Waals surface area contributed by atoms with Gasteiger partial charge in [-0.15, -0.1) is 0 Å². The van der Waals surface area contributed by atoms with Crippen molar-refractivity contribution in [3.05, 3.63) is 79.8 Å². The molecule has 1 amide bonds. The van der Waals surface area contributed by atoms with Crippen LogP contribution in [0.5, 0.6) is 0 Å². The number of hydrogen-bond donors (Lipinski definition) is 2. The van der Waals surface area contributed by atoms with Crippen LogP contribution in [-0.2, 0) is 5.41 Å². The van der Waals surface area contributed by atoms with E-state index in [9.17, 15) is 4.79 Å². The van der Waals surface area contributed by atoms with E-state index < -0.39 is 0 Å². The highest BCUT2D eigenvalue weighted by molar-refractivity contribution is 14.1. The number of hydrogen-bond acceptors (Lipinski definition) is 4. The van der Waals surface area contributed by atoms with Crippen LogP contribution in [0.15, 0.2) is 69.6 Å². The van der Waals surface area contributed by atoms with Crippen LogP contribution in [0, 0.1) is 3.57 Å². The number of anilines is 1. The van der Waals surface area contributed by atoms with Gasteiger partial charge in [-0.3, -0.25) is 10.1 Å². The van der Waals surface area contributed by atoms with Crippen molar-refractivity contribution in [1.82, 2.24) is 10.3 Å². The molecule has 4 aromatic rings. The first-order valence-corrected chi connectivity index (χ1v) is 12.5. The van der Waals surface area contributed by atoms with Crippen LogP contribution in [0.1, 0.15) is 36.7 Å². The fourth-order valence-electron chi connectivity index (χ4n) is 3.24. The third-order valence-corrected chi connectivity index (χ3v) is 6.61.